The van der Waals surface area contributed by atoms with Gasteiger partial charge < -0.3 is 15.3 Å². The highest BCUT2D eigenvalue weighted by atomic mass is 16.4. The van der Waals surface area contributed by atoms with E-state index in [0.717, 1.165) is 24.4 Å². The number of carbonyl (C=O) groups is 3. The Bertz CT molecular complexity index is 851. The number of hydrogen-bond acceptors (Lipinski definition) is 4. The largest absolute Gasteiger partial charge is 0.480 e. The Morgan fingerprint density at radius 2 is 1.68 bits per heavy atom. The zero-order valence-corrected chi connectivity index (χ0v) is 24.6. The van der Waals surface area contributed by atoms with Crippen molar-refractivity contribution in [2.24, 2.45) is 17.8 Å². The van der Waals surface area contributed by atoms with Gasteiger partial charge in [0.05, 0.1) is 6.54 Å². The third kappa shape index (κ3) is 9.76. The van der Waals surface area contributed by atoms with Crippen LogP contribution in [0.3, 0.4) is 0 Å². The van der Waals surface area contributed by atoms with Gasteiger partial charge >= 0.3 is 5.97 Å². The summed E-state index contributed by atoms with van der Waals surface area (Å²) >= 11 is 0. The summed E-state index contributed by atoms with van der Waals surface area (Å²) in [4.78, 5) is 41.2. The molecule has 37 heavy (non-hydrogen) atoms. The number of carboxylic acids is 1. The van der Waals surface area contributed by atoms with Crippen LogP contribution in [-0.4, -0.2) is 71.5 Å². The number of hydrogen-bond donors (Lipinski definition) is 2. The van der Waals surface area contributed by atoms with Crippen LogP contribution in [0.5, 0.6) is 0 Å². The second-order valence-electron chi connectivity index (χ2n) is 11.8. The summed E-state index contributed by atoms with van der Waals surface area (Å²) < 4.78 is 0. The van der Waals surface area contributed by atoms with Gasteiger partial charge in [-0.1, -0.05) is 85.7 Å². The summed E-state index contributed by atoms with van der Waals surface area (Å²) in [5.41, 5.74) is 0.728. The number of amides is 2. The Balaban J connectivity index is 0.00000159. The molecule has 1 aromatic carbocycles. The molecule has 2 rings (SSSR count). The van der Waals surface area contributed by atoms with Gasteiger partial charge in [0.1, 0.15) is 6.04 Å². The van der Waals surface area contributed by atoms with Crippen LogP contribution in [0.25, 0.3) is 0 Å². The molecule has 0 saturated carbocycles. The summed E-state index contributed by atoms with van der Waals surface area (Å²) in [5, 5.41) is 12.3. The van der Waals surface area contributed by atoms with E-state index < -0.39 is 12.0 Å². The van der Waals surface area contributed by atoms with Crippen molar-refractivity contribution >= 4 is 17.8 Å². The number of rotatable bonds is 11. The normalized spacial score (nSPS) is 17.6. The van der Waals surface area contributed by atoms with Gasteiger partial charge in [-0.2, -0.15) is 0 Å². The molecule has 1 saturated heterocycles. The molecule has 7 heteroatoms. The maximum absolute atomic E-state index is 13.1. The fourth-order valence-corrected chi connectivity index (χ4v) is 5.03. The van der Waals surface area contributed by atoms with Crippen LogP contribution in [0.15, 0.2) is 30.3 Å². The summed E-state index contributed by atoms with van der Waals surface area (Å²) in [5.74, 6) is -0.368. The predicted octanol–water partition coefficient (Wildman–Crippen LogP) is 4.80. The molecule has 1 heterocycles. The van der Waals surface area contributed by atoms with E-state index >= 15 is 0 Å². The molecule has 0 unspecified atom stereocenters. The van der Waals surface area contributed by atoms with E-state index in [1.54, 1.807) is 11.9 Å². The van der Waals surface area contributed by atoms with Crippen LogP contribution in [0.4, 0.5) is 0 Å². The van der Waals surface area contributed by atoms with Gasteiger partial charge in [-0.05, 0) is 43.2 Å². The SMILES string of the molecule is CC(C)C.CC[C@H](C(=O)NCC(=O)N(C)[C@H](CN1CCC[C@H]1C(=O)O)C(C)C)C(C)(C)c1ccccc1. The zero-order chi connectivity index (χ0) is 28.3. The van der Waals surface area contributed by atoms with E-state index in [1.165, 1.54) is 0 Å². The highest BCUT2D eigenvalue weighted by Crippen LogP contribution is 2.34. The number of likely N-dealkylation sites (tertiary alicyclic amines) is 1. The van der Waals surface area contributed by atoms with Crippen molar-refractivity contribution in [1.29, 1.82) is 0 Å². The van der Waals surface area contributed by atoms with Crippen molar-refractivity contribution in [2.45, 2.75) is 92.2 Å². The fraction of sp³-hybridized carbons (Fsp3) is 0.700. The molecule has 1 aromatic rings. The van der Waals surface area contributed by atoms with Gasteiger partial charge in [-0.3, -0.25) is 19.3 Å². The number of benzene rings is 1. The van der Waals surface area contributed by atoms with E-state index in [1.807, 2.05) is 56.0 Å². The lowest BCUT2D eigenvalue weighted by Gasteiger charge is -2.36. The Morgan fingerprint density at radius 3 is 2.16 bits per heavy atom. The monoisotopic (exact) mass is 517 g/mol. The van der Waals surface area contributed by atoms with E-state index in [-0.39, 0.29) is 41.7 Å². The Hall–Kier alpha value is -2.41. The van der Waals surface area contributed by atoms with Crippen LogP contribution in [-0.2, 0) is 19.8 Å². The lowest BCUT2D eigenvalue weighted by Crippen LogP contribution is -2.52. The average molecular weight is 518 g/mol. The van der Waals surface area contributed by atoms with Crippen LogP contribution in [0, 0.1) is 17.8 Å². The molecule has 0 spiro atoms. The summed E-state index contributed by atoms with van der Waals surface area (Å²) in [7, 11) is 1.75. The van der Waals surface area contributed by atoms with Crippen molar-refractivity contribution in [1.82, 2.24) is 15.1 Å². The molecule has 0 radical (unpaired) electrons. The first-order chi connectivity index (χ1) is 17.2. The topological polar surface area (TPSA) is 90.0 Å². The smallest absolute Gasteiger partial charge is 0.320 e. The third-order valence-electron chi connectivity index (χ3n) is 7.26. The molecular weight excluding hydrogens is 466 g/mol. The number of carboxylic acid groups (broad SMARTS) is 1. The summed E-state index contributed by atoms with van der Waals surface area (Å²) in [6, 6.07) is 9.36. The van der Waals surface area contributed by atoms with E-state index in [9.17, 15) is 19.5 Å². The maximum atomic E-state index is 13.1. The predicted molar refractivity (Wildman–Crippen MR) is 150 cm³/mol. The second-order valence-corrected chi connectivity index (χ2v) is 11.8. The van der Waals surface area contributed by atoms with Crippen molar-refractivity contribution < 1.29 is 19.5 Å². The molecule has 7 nitrogen and oxygen atoms in total. The maximum Gasteiger partial charge on any atom is 0.320 e. The van der Waals surface area contributed by atoms with Crippen molar-refractivity contribution in [3.63, 3.8) is 0 Å². The quantitative estimate of drug-likeness (QED) is 0.440. The third-order valence-corrected chi connectivity index (χ3v) is 7.26. The summed E-state index contributed by atoms with van der Waals surface area (Å²) in [6.45, 7) is 17.9. The molecule has 3 atom stereocenters. The molecule has 210 valence electrons. The van der Waals surface area contributed by atoms with Crippen molar-refractivity contribution in [2.75, 3.05) is 26.7 Å². The molecule has 2 amide bonds. The van der Waals surface area contributed by atoms with Crippen LogP contribution in [0.2, 0.25) is 0 Å². The van der Waals surface area contributed by atoms with E-state index in [4.69, 9.17) is 0 Å². The van der Waals surface area contributed by atoms with Crippen molar-refractivity contribution in [3.8, 4) is 0 Å². The number of likely N-dealkylation sites (N-methyl/N-ethyl adjacent to an activating group) is 1. The molecule has 1 aliphatic rings. The van der Waals surface area contributed by atoms with Gasteiger partial charge in [0, 0.05) is 31.0 Å². The van der Waals surface area contributed by atoms with E-state index in [2.05, 4.69) is 39.9 Å². The first-order valence-electron chi connectivity index (χ1n) is 13.8. The first-order valence-corrected chi connectivity index (χ1v) is 13.8. The first kappa shape index (κ1) is 32.6. The number of aliphatic carboxylic acids is 1. The zero-order valence-electron chi connectivity index (χ0n) is 24.6. The second kappa shape index (κ2) is 15.1. The minimum absolute atomic E-state index is 0.0672. The highest BCUT2D eigenvalue weighted by Gasteiger charge is 2.37. The number of nitrogens with zero attached hydrogens (tertiary/aromatic N) is 2. The lowest BCUT2D eigenvalue weighted by molar-refractivity contribution is -0.142. The number of nitrogens with one attached hydrogen (secondary N) is 1. The Labute approximate surface area is 225 Å². The van der Waals surface area contributed by atoms with E-state index in [0.29, 0.717) is 19.4 Å². The minimum Gasteiger partial charge on any atom is -0.480 e. The molecule has 0 aromatic heterocycles. The molecule has 1 fully saturated rings. The molecule has 1 aliphatic heterocycles. The highest BCUT2D eigenvalue weighted by molar-refractivity contribution is 5.86. The van der Waals surface area contributed by atoms with Gasteiger partial charge in [0.15, 0.2) is 0 Å². The van der Waals surface area contributed by atoms with Gasteiger partial charge in [-0.25, -0.2) is 0 Å². The minimum atomic E-state index is -0.803. The molecule has 0 bridgehead atoms. The van der Waals surface area contributed by atoms with Crippen LogP contribution >= 0.6 is 0 Å². The lowest BCUT2D eigenvalue weighted by atomic mass is 9.71. The Morgan fingerprint density at radius 1 is 1.11 bits per heavy atom. The van der Waals surface area contributed by atoms with Crippen molar-refractivity contribution in [3.05, 3.63) is 35.9 Å². The van der Waals surface area contributed by atoms with Gasteiger partial charge in [0.25, 0.3) is 0 Å². The molecule has 0 aliphatic carbocycles. The fourth-order valence-electron chi connectivity index (χ4n) is 5.03. The standard InChI is InChI=1S/C26H41N3O4.C4H10/c1-7-20(26(4,5)19-12-9-8-10-13-19)24(31)27-16-23(30)28(6)22(18(2)3)17-29-15-11-14-21(29)25(32)33;1-4(2)3/h8-10,12-13,18,20-22H,7,11,14-17H2,1-6H3,(H,27,31)(H,32,33);4H,1-3H3/t20-,21+,22-;/m1./s1. The van der Waals surface area contributed by atoms with Gasteiger partial charge in [0.2, 0.25) is 11.8 Å². The van der Waals surface area contributed by atoms with Crippen LogP contribution in [0.1, 0.15) is 80.2 Å². The van der Waals surface area contributed by atoms with Crippen LogP contribution < -0.4 is 5.32 Å². The number of carbonyl (C=O) groups excluding carboxylic acids is 2. The molecule has 2 N–H and O–H groups in total. The van der Waals surface area contributed by atoms with Gasteiger partial charge in [-0.15, -0.1) is 0 Å². The average Bonchev–Trinajstić information content (AvgIpc) is 3.29. The Kier molecular flexibility index (Phi) is 13.3. The molecular formula is C30H51N3O4. The summed E-state index contributed by atoms with van der Waals surface area (Å²) in [6.07, 6.45) is 2.16.